The van der Waals surface area contributed by atoms with Crippen LogP contribution in [0, 0.1) is 5.92 Å². The fraction of sp³-hybridized carbons (Fsp3) is 0.533. The van der Waals surface area contributed by atoms with Gasteiger partial charge in [-0.2, -0.15) is 0 Å². The molecule has 0 aromatic heterocycles. The molecule has 1 aromatic rings. The van der Waals surface area contributed by atoms with Gasteiger partial charge in [0, 0.05) is 17.1 Å². The molecule has 1 heterocycles. The van der Waals surface area contributed by atoms with Crippen LogP contribution in [-0.4, -0.2) is 30.1 Å². The van der Waals surface area contributed by atoms with Crippen molar-refractivity contribution >= 4 is 21.8 Å². The number of nitrogens with one attached hydrogen (secondary N) is 2. The lowest BCUT2D eigenvalue weighted by atomic mass is 9.88. The standard InChI is InChI=1S/C15H21BrN2O2/c1-2-10-4-3-7-17-13(10)9-18-15(20)12-6-5-11(16)8-14(12)19/h5-6,8,10,13,17,19H,2-4,7,9H2,1H3,(H,18,20). The van der Waals surface area contributed by atoms with Crippen LogP contribution in [0.25, 0.3) is 0 Å². The molecule has 0 spiro atoms. The fourth-order valence-corrected chi connectivity index (χ4v) is 3.09. The molecule has 1 aliphatic heterocycles. The molecule has 1 amide bonds. The van der Waals surface area contributed by atoms with Gasteiger partial charge in [-0.15, -0.1) is 0 Å². The summed E-state index contributed by atoms with van der Waals surface area (Å²) in [5, 5.41) is 16.2. The average molecular weight is 341 g/mol. The molecule has 4 nitrogen and oxygen atoms in total. The maximum Gasteiger partial charge on any atom is 0.255 e. The molecule has 1 aromatic carbocycles. The summed E-state index contributed by atoms with van der Waals surface area (Å²) in [5.41, 5.74) is 0.317. The Balaban J connectivity index is 1.94. The molecular weight excluding hydrogens is 320 g/mol. The van der Waals surface area contributed by atoms with Crippen LogP contribution in [0.4, 0.5) is 0 Å². The van der Waals surface area contributed by atoms with Crippen LogP contribution in [0.5, 0.6) is 5.75 Å². The second-order valence-electron chi connectivity index (χ2n) is 5.24. The molecule has 0 radical (unpaired) electrons. The van der Waals surface area contributed by atoms with Crippen LogP contribution in [-0.2, 0) is 0 Å². The predicted molar refractivity (Wildman–Crippen MR) is 82.9 cm³/mol. The number of rotatable bonds is 4. The molecule has 0 bridgehead atoms. The van der Waals surface area contributed by atoms with Gasteiger partial charge in [-0.05, 0) is 43.5 Å². The lowest BCUT2D eigenvalue weighted by Crippen LogP contribution is -2.48. The lowest BCUT2D eigenvalue weighted by Gasteiger charge is -2.32. The fourth-order valence-electron chi connectivity index (χ4n) is 2.74. The number of phenols is 1. The molecule has 20 heavy (non-hydrogen) atoms. The molecular formula is C15H21BrN2O2. The summed E-state index contributed by atoms with van der Waals surface area (Å²) in [6.07, 6.45) is 3.54. The summed E-state index contributed by atoms with van der Waals surface area (Å²) in [6, 6.07) is 5.24. The van der Waals surface area contributed by atoms with Gasteiger partial charge < -0.3 is 15.7 Å². The first-order valence-corrected chi connectivity index (χ1v) is 7.91. The van der Waals surface area contributed by atoms with Crippen molar-refractivity contribution in [2.75, 3.05) is 13.1 Å². The van der Waals surface area contributed by atoms with Crippen molar-refractivity contribution in [2.45, 2.75) is 32.2 Å². The highest BCUT2D eigenvalue weighted by Gasteiger charge is 2.23. The van der Waals surface area contributed by atoms with E-state index in [9.17, 15) is 9.90 Å². The van der Waals surface area contributed by atoms with Crippen molar-refractivity contribution in [3.05, 3.63) is 28.2 Å². The molecule has 0 aliphatic carbocycles. The highest BCUT2D eigenvalue weighted by Crippen LogP contribution is 2.23. The number of phenolic OH excluding ortho intramolecular Hbond substituents is 1. The minimum absolute atomic E-state index is 0.000481. The topological polar surface area (TPSA) is 61.4 Å². The van der Waals surface area contributed by atoms with E-state index >= 15 is 0 Å². The number of aromatic hydroxyl groups is 1. The molecule has 1 fully saturated rings. The zero-order valence-electron chi connectivity index (χ0n) is 11.7. The first-order chi connectivity index (χ1) is 9.61. The van der Waals surface area contributed by atoms with Crippen molar-refractivity contribution in [2.24, 2.45) is 5.92 Å². The Hall–Kier alpha value is -1.07. The summed E-state index contributed by atoms with van der Waals surface area (Å²) in [7, 11) is 0. The van der Waals surface area contributed by atoms with E-state index in [0.29, 0.717) is 24.1 Å². The quantitative estimate of drug-likeness (QED) is 0.789. The third-order valence-electron chi connectivity index (χ3n) is 3.94. The van der Waals surface area contributed by atoms with E-state index in [1.165, 1.54) is 18.9 Å². The molecule has 110 valence electrons. The van der Waals surface area contributed by atoms with E-state index in [4.69, 9.17) is 0 Å². The first-order valence-electron chi connectivity index (χ1n) is 7.12. The monoisotopic (exact) mass is 340 g/mol. The third-order valence-corrected chi connectivity index (χ3v) is 4.43. The minimum atomic E-state index is -0.225. The number of carbonyl (C=O) groups is 1. The van der Waals surface area contributed by atoms with Gasteiger partial charge in [0.1, 0.15) is 5.75 Å². The Morgan fingerprint density at radius 2 is 2.35 bits per heavy atom. The highest BCUT2D eigenvalue weighted by atomic mass is 79.9. The van der Waals surface area contributed by atoms with Gasteiger partial charge in [-0.3, -0.25) is 4.79 Å². The molecule has 1 aliphatic rings. The van der Waals surface area contributed by atoms with Crippen LogP contribution >= 0.6 is 15.9 Å². The van der Waals surface area contributed by atoms with Crippen molar-refractivity contribution in [3.63, 3.8) is 0 Å². The number of carbonyl (C=O) groups excluding carboxylic acids is 1. The second-order valence-corrected chi connectivity index (χ2v) is 6.16. The van der Waals surface area contributed by atoms with Crippen LogP contribution in [0.3, 0.4) is 0 Å². The Bertz CT molecular complexity index is 479. The summed E-state index contributed by atoms with van der Waals surface area (Å²) in [4.78, 5) is 12.1. The van der Waals surface area contributed by atoms with Crippen LogP contribution in [0.15, 0.2) is 22.7 Å². The Kier molecular flexibility index (Phi) is 5.43. The van der Waals surface area contributed by atoms with Gasteiger partial charge in [-0.25, -0.2) is 0 Å². The normalized spacial score (nSPS) is 22.5. The van der Waals surface area contributed by atoms with Crippen molar-refractivity contribution in [3.8, 4) is 5.75 Å². The van der Waals surface area contributed by atoms with Crippen LogP contribution in [0.1, 0.15) is 36.5 Å². The first kappa shape index (κ1) is 15.3. The van der Waals surface area contributed by atoms with E-state index in [2.05, 4.69) is 33.5 Å². The van der Waals surface area contributed by atoms with Gasteiger partial charge >= 0.3 is 0 Å². The van der Waals surface area contributed by atoms with Crippen LogP contribution in [0.2, 0.25) is 0 Å². The second kappa shape index (κ2) is 7.09. The van der Waals surface area contributed by atoms with Crippen LogP contribution < -0.4 is 10.6 Å². The third kappa shape index (κ3) is 3.73. The molecule has 3 N–H and O–H groups in total. The van der Waals surface area contributed by atoms with Gasteiger partial charge in [-0.1, -0.05) is 29.3 Å². The number of halogens is 1. The molecule has 1 saturated heterocycles. The average Bonchev–Trinajstić information content (AvgIpc) is 2.45. The molecule has 2 rings (SSSR count). The molecule has 2 unspecified atom stereocenters. The van der Waals surface area contributed by atoms with E-state index in [0.717, 1.165) is 17.4 Å². The Morgan fingerprint density at radius 1 is 1.55 bits per heavy atom. The number of amides is 1. The number of benzene rings is 1. The lowest BCUT2D eigenvalue weighted by molar-refractivity contribution is 0.0939. The van der Waals surface area contributed by atoms with Gasteiger partial charge in [0.25, 0.3) is 5.91 Å². The molecule has 5 heteroatoms. The maximum absolute atomic E-state index is 12.1. The zero-order chi connectivity index (χ0) is 14.5. The summed E-state index contributed by atoms with van der Waals surface area (Å²) >= 11 is 3.26. The smallest absolute Gasteiger partial charge is 0.255 e. The van der Waals surface area contributed by atoms with Gasteiger partial charge in [0.15, 0.2) is 0 Å². The predicted octanol–water partition coefficient (Wildman–Crippen LogP) is 2.66. The van der Waals surface area contributed by atoms with Gasteiger partial charge in [0.2, 0.25) is 0 Å². The minimum Gasteiger partial charge on any atom is -0.507 e. The molecule has 0 saturated carbocycles. The van der Waals surface area contributed by atoms with E-state index in [-0.39, 0.29) is 11.7 Å². The largest absolute Gasteiger partial charge is 0.507 e. The van der Waals surface area contributed by atoms with Crippen molar-refractivity contribution < 1.29 is 9.90 Å². The van der Waals surface area contributed by atoms with Crippen molar-refractivity contribution in [1.82, 2.24) is 10.6 Å². The highest BCUT2D eigenvalue weighted by molar-refractivity contribution is 9.10. The SMILES string of the molecule is CCC1CCCNC1CNC(=O)c1ccc(Br)cc1O. The number of piperidine rings is 1. The van der Waals surface area contributed by atoms with E-state index in [1.54, 1.807) is 12.1 Å². The summed E-state index contributed by atoms with van der Waals surface area (Å²) in [6.45, 7) is 3.81. The molecule has 2 atom stereocenters. The Labute approximate surface area is 128 Å². The van der Waals surface area contributed by atoms with E-state index in [1.807, 2.05) is 0 Å². The van der Waals surface area contributed by atoms with Gasteiger partial charge in [0.05, 0.1) is 5.56 Å². The zero-order valence-corrected chi connectivity index (χ0v) is 13.2. The van der Waals surface area contributed by atoms with E-state index < -0.39 is 0 Å². The van der Waals surface area contributed by atoms with Crippen molar-refractivity contribution in [1.29, 1.82) is 0 Å². The number of hydrogen-bond donors (Lipinski definition) is 3. The Morgan fingerprint density at radius 3 is 3.05 bits per heavy atom. The summed E-state index contributed by atoms with van der Waals surface area (Å²) in [5.74, 6) is 0.389. The summed E-state index contributed by atoms with van der Waals surface area (Å²) < 4.78 is 0.756. The number of hydrogen-bond acceptors (Lipinski definition) is 3. The maximum atomic E-state index is 12.1.